The molecule has 1 N–H and O–H groups in total. The fraction of sp³-hybridized carbons (Fsp3) is 0.350. The lowest BCUT2D eigenvalue weighted by molar-refractivity contribution is -0.144. The highest BCUT2D eigenvalue weighted by Gasteiger charge is 2.17. The number of aromatic nitrogens is 2. The van der Waals surface area contributed by atoms with Gasteiger partial charge in [0.1, 0.15) is 5.15 Å². The average molecular weight is 388 g/mol. The molecule has 1 heterocycles. The standard InChI is InChI=1S/C20H22ClN3O3/c1-14-17(20(21)24(23-14)16-9-3-2-4-10-16)11-12-19(26)27-13-18(25)22-15-7-5-6-8-15/h2-4,9-12,15H,5-8,13H2,1H3,(H,22,25)/b12-11+. The van der Waals surface area contributed by atoms with Gasteiger partial charge in [0.25, 0.3) is 5.91 Å². The summed E-state index contributed by atoms with van der Waals surface area (Å²) in [7, 11) is 0. The third kappa shape index (κ3) is 4.98. The number of amides is 1. The lowest BCUT2D eigenvalue weighted by atomic mass is 10.2. The van der Waals surface area contributed by atoms with E-state index in [1.807, 2.05) is 37.3 Å². The Labute approximate surface area is 163 Å². The van der Waals surface area contributed by atoms with Crippen LogP contribution in [0, 0.1) is 6.92 Å². The van der Waals surface area contributed by atoms with Crippen LogP contribution in [0.1, 0.15) is 36.9 Å². The van der Waals surface area contributed by atoms with Crippen LogP contribution in [0.3, 0.4) is 0 Å². The van der Waals surface area contributed by atoms with E-state index in [-0.39, 0.29) is 18.6 Å². The summed E-state index contributed by atoms with van der Waals surface area (Å²) < 4.78 is 6.61. The quantitative estimate of drug-likeness (QED) is 0.608. The first-order chi connectivity index (χ1) is 13.0. The van der Waals surface area contributed by atoms with Crippen LogP contribution in [0.25, 0.3) is 11.8 Å². The molecule has 0 spiro atoms. The van der Waals surface area contributed by atoms with Gasteiger partial charge in [-0.2, -0.15) is 5.10 Å². The van der Waals surface area contributed by atoms with Gasteiger partial charge in [-0.15, -0.1) is 0 Å². The molecule has 142 valence electrons. The number of para-hydroxylation sites is 1. The molecule has 1 aliphatic carbocycles. The Kier molecular flexibility index (Phi) is 6.29. The third-order valence-corrected chi connectivity index (χ3v) is 4.86. The summed E-state index contributed by atoms with van der Waals surface area (Å²) in [5, 5.41) is 7.68. The molecule has 0 atom stereocenters. The number of hydrogen-bond acceptors (Lipinski definition) is 4. The molecule has 1 fully saturated rings. The molecule has 27 heavy (non-hydrogen) atoms. The molecule has 1 saturated carbocycles. The average Bonchev–Trinajstić information content (AvgIpc) is 3.27. The smallest absolute Gasteiger partial charge is 0.331 e. The number of carbonyl (C=O) groups is 2. The lowest BCUT2D eigenvalue weighted by Crippen LogP contribution is -2.35. The first-order valence-corrected chi connectivity index (χ1v) is 9.37. The Morgan fingerprint density at radius 3 is 2.70 bits per heavy atom. The van der Waals surface area contributed by atoms with Crippen molar-refractivity contribution < 1.29 is 14.3 Å². The van der Waals surface area contributed by atoms with Gasteiger partial charge in [0.15, 0.2) is 6.61 Å². The number of nitrogens with zero attached hydrogens (tertiary/aromatic N) is 2. The van der Waals surface area contributed by atoms with Crippen molar-refractivity contribution in [1.29, 1.82) is 0 Å². The van der Waals surface area contributed by atoms with Crippen LogP contribution in [-0.2, 0) is 14.3 Å². The summed E-state index contributed by atoms with van der Waals surface area (Å²) >= 11 is 6.40. The molecular weight excluding hydrogens is 366 g/mol. The van der Waals surface area contributed by atoms with Gasteiger partial charge >= 0.3 is 5.97 Å². The Balaban J connectivity index is 1.58. The minimum atomic E-state index is -0.598. The maximum atomic E-state index is 11.9. The van der Waals surface area contributed by atoms with Gasteiger partial charge in [-0.3, -0.25) is 4.79 Å². The van der Waals surface area contributed by atoms with Crippen molar-refractivity contribution >= 4 is 29.6 Å². The number of carbonyl (C=O) groups excluding carboxylic acids is 2. The SMILES string of the molecule is Cc1nn(-c2ccccc2)c(Cl)c1/C=C/C(=O)OCC(=O)NC1CCCC1. The summed E-state index contributed by atoms with van der Waals surface area (Å²) in [4.78, 5) is 23.7. The number of benzene rings is 1. The fourth-order valence-corrected chi connectivity index (χ4v) is 3.45. The van der Waals surface area contributed by atoms with Crippen LogP contribution < -0.4 is 5.32 Å². The van der Waals surface area contributed by atoms with E-state index in [9.17, 15) is 9.59 Å². The Hall–Kier alpha value is -2.60. The second-order valence-electron chi connectivity index (χ2n) is 6.53. The minimum absolute atomic E-state index is 0.206. The molecule has 0 aliphatic heterocycles. The van der Waals surface area contributed by atoms with E-state index in [0.717, 1.165) is 31.4 Å². The van der Waals surface area contributed by atoms with E-state index in [1.54, 1.807) is 10.8 Å². The van der Waals surface area contributed by atoms with Crippen molar-refractivity contribution in [3.05, 3.63) is 52.8 Å². The van der Waals surface area contributed by atoms with Crippen molar-refractivity contribution in [2.24, 2.45) is 0 Å². The summed E-state index contributed by atoms with van der Waals surface area (Å²) in [5.74, 6) is -0.866. The van der Waals surface area contributed by atoms with Gasteiger partial charge in [0.05, 0.1) is 11.4 Å². The number of esters is 1. The van der Waals surface area contributed by atoms with Crippen molar-refractivity contribution in [3.8, 4) is 5.69 Å². The number of halogens is 1. The summed E-state index contributed by atoms with van der Waals surface area (Å²) in [6.07, 6.45) is 7.05. The minimum Gasteiger partial charge on any atom is -0.452 e. The molecule has 0 bridgehead atoms. The van der Waals surface area contributed by atoms with E-state index < -0.39 is 5.97 Å². The highest BCUT2D eigenvalue weighted by atomic mass is 35.5. The zero-order chi connectivity index (χ0) is 19.2. The first-order valence-electron chi connectivity index (χ1n) is 8.99. The number of hydrogen-bond donors (Lipinski definition) is 1. The van der Waals surface area contributed by atoms with Gasteiger partial charge < -0.3 is 10.1 Å². The molecule has 1 amide bonds. The van der Waals surface area contributed by atoms with Crippen molar-refractivity contribution in [2.45, 2.75) is 38.6 Å². The highest BCUT2D eigenvalue weighted by Crippen LogP contribution is 2.24. The summed E-state index contributed by atoms with van der Waals surface area (Å²) in [6, 6.07) is 9.69. The van der Waals surface area contributed by atoms with Crippen LogP contribution in [0.5, 0.6) is 0 Å². The molecule has 6 nitrogen and oxygen atoms in total. The molecule has 2 aromatic rings. The van der Waals surface area contributed by atoms with E-state index in [4.69, 9.17) is 16.3 Å². The zero-order valence-electron chi connectivity index (χ0n) is 15.2. The van der Waals surface area contributed by atoms with E-state index >= 15 is 0 Å². The highest BCUT2D eigenvalue weighted by molar-refractivity contribution is 6.31. The lowest BCUT2D eigenvalue weighted by Gasteiger charge is -2.11. The molecule has 1 aromatic carbocycles. The molecule has 0 saturated heterocycles. The number of aryl methyl sites for hydroxylation is 1. The van der Waals surface area contributed by atoms with E-state index in [0.29, 0.717) is 16.4 Å². The Morgan fingerprint density at radius 1 is 1.30 bits per heavy atom. The first kappa shape index (κ1) is 19.2. The predicted molar refractivity (Wildman–Crippen MR) is 104 cm³/mol. The molecule has 1 aromatic heterocycles. The number of ether oxygens (including phenoxy) is 1. The molecule has 3 rings (SSSR count). The Morgan fingerprint density at radius 2 is 2.00 bits per heavy atom. The largest absolute Gasteiger partial charge is 0.452 e. The van der Waals surface area contributed by atoms with Crippen molar-refractivity contribution in [1.82, 2.24) is 15.1 Å². The fourth-order valence-electron chi connectivity index (χ4n) is 3.12. The topological polar surface area (TPSA) is 73.2 Å². The summed E-state index contributed by atoms with van der Waals surface area (Å²) in [5.41, 5.74) is 2.15. The van der Waals surface area contributed by atoms with Crippen LogP contribution >= 0.6 is 11.6 Å². The predicted octanol–water partition coefficient (Wildman–Crippen LogP) is 3.45. The van der Waals surface area contributed by atoms with Crippen molar-refractivity contribution in [3.63, 3.8) is 0 Å². The molecule has 7 heteroatoms. The summed E-state index contributed by atoms with van der Waals surface area (Å²) in [6.45, 7) is 1.53. The van der Waals surface area contributed by atoms with Gasteiger partial charge in [-0.05, 0) is 38.0 Å². The van der Waals surface area contributed by atoms with Gasteiger partial charge in [0.2, 0.25) is 0 Å². The molecule has 1 aliphatic rings. The van der Waals surface area contributed by atoms with Gasteiger partial charge in [-0.1, -0.05) is 42.6 Å². The normalized spacial score (nSPS) is 14.6. The van der Waals surface area contributed by atoms with E-state index in [2.05, 4.69) is 10.4 Å². The monoisotopic (exact) mass is 387 g/mol. The number of rotatable bonds is 6. The van der Waals surface area contributed by atoms with Gasteiger partial charge in [0, 0.05) is 17.7 Å². The second kappa shape index (κ2) is 8.86. The van der Waals surface area contributed by atoms with Crippen LogP contribution in [0.15, 0.2) is 36.4 Å². The number of nitrogens with one attached hydrogen (secondary N) is 1. The molecular formula is C20H22ClN3O3. The Bertz CT molecular complexity index is 840. The maximum Gasteiger partial charge on any atom is 0.331 e. The molecule has 0 unspecified atom stereocenters. The van der Waals surface area contributed by atoms with Crippen LogP contribution in [0.2, 0.25) is 5.15 Å². The molecule has 0 radical (unpaired) electrons. The maximum absolute atomic E-state index is 11.9. The second-order valence-corrected chi connectivity index (χ2v) is 6.89. The van der Waals surface area contributed by atoms with Crippen LogP contribution in [0.4, 0.5) is 0 Å². The van der Waals surface area contributed by atoms with E-state index in [1.165, 1.54) is 6.08 Å². The van der Waals surface area contributed by atoms with Crippen molar-refractivity contribution in [2.75, 3.05) is 6.61 Å². The zero-order valence-corrected chi connectivity index (χ0v) is 15.9. The van der Waals surface area contributed by atoms with Gasteiger partial charge in [-0.25, -0.2) is 9.48 Å². The third-order valence-electron chi connectivity index (χ3n) is 4.50. The van der Waals surface area contributed by atoms with Crippen LogP contribution in [-0.4, -0.2) is 34.3 Å².